The van der Waals surface area contributed by atoms with Gasteiger partial charge in [0.15, 0.2) is 0 Å². The second kappa shape index (κ2) is 5.85. The van der Waals surface area contributed by atoms with Crippen LogP contribution in [0, 0.1) is 5.92 Å². The Morgan fingerprint density at radius 1 is 1.29 bits per heavy atom. The highest BCUT2D eigenvalue weighted by atomic mass is 16.4. The lowest BCUT2D eigenvalue weighted by atomic mass is 9.95. The third kappa shape index (κ3) is 2.93. The molecule has 1 atom stereocenters. The van der Waals surface area contributed by atoms with Crippen molar-refractivity contribution >= 4 is 11.9 Å². The molecule has 0 bridgehead atoms. The van der Waals surface area contributed by atoms with Crippen molar-refractivity contribution in [2.75, 3.05) is 19.6 Å². The number of aliphatic carboxylic acids is 1. The molecule has 1 fully saturated rings. The number of benzene rings is 1. The van der Waals surface area contributed by atoms with Gasteiger partial charge in [0, 0.05) is 25.2 Å². The minimum absolute atomic E-state index is 0.0469. The Kier molecular flexibility index (Phi) is 3.92. The number of hydrogen-bond acceptors (Lipinski definition) is 3. The normalized spacial score (nSPS) is 21.7. The number of rotatable bonds is 2. The largest absolute Gasteiger partial charge is 0.481 e. The number of likely N-dealkylation sites (tertiary alicyclic amines) is 1. The lowest BCUT2D eigenvalue weighted by molar-refractivity contribution is -0.143. The highest BCUT2D eigenvalue weighted by molar-refractivity contribution is 5.95. The lowest BCUT2D eigenvalue weighted by Gasteiger charge is -2.31. The third-order valence-electron chi connectivity index (χ3n) is 4.40. The highest BCUT2D eigenvalue weighted by Gasteiger charge is 2.28. The maximum atomic E-state index is 12.6. The van der Waals surface area contributed by atoms with Crippen LogP contribution in [-0.2, 0) is 17.8 Å². The number of piperidine rings is 1. The molecule has 112 valence electrons. The monoisotopic (exact) mass is 288 g/mol. The van der Waals surface area contributed by atoms with Gasteiger partial charge in [-0.1, -0.05) is 6.07 Å². The first-order valence-corrected chi connectivity index (χ1v) is 7.50. The molecule has 0 saturated carbocycles. The standard InChI is InChI=1S/C16H20N2O3/c19-15(18-7-1-2-13(10-18)16(20)21)12-4-3-11-5-6-17-9-14(11)8-12/h3-4,8,13,17H,1-2,5-7,9-10H2,(H,20,21)/t13-/m0/s1. The maximum Gasteiger partial charge on any atom is 0.308 e. The molecule has 3 rings (SSSR count). The van der Waals surface area contributed by atoms with E-state index in [0.29, 0.717) is 25.1 Å². The maximum absolute atomic E-state index is 12.6. The van der Waals surface area contributed by atoms with E-state index in [-0.39, 0.29) is 5.91 Å². The summed E-state index contributed by atoms with van der Waals surface area (Å²) in [6.45, 7) is 2.75. The smallest absolute Gasteiger partial charge is 0.308 e. The number of carbonyl (C=O) groups is 2. The van der Waals surface area contributed by atoms with Gasteiger partial charge in [-0.05, 0) is 49.1 Å². The Bertz CT molecular complexity index is 571. The van der Waals surface area contributed by atoms with E-state index in [9.17, 15) is 9.59 Å². The molecule has 21 heavy (non-hydrogen) atoms. The summed E-state index contributed by atoms with van der Waals surface area (Å²) in [6, 6.07) is 5.85. The summed E-state index contributed by atoms with van der Waals surface area (Å²) < 4.78 is 0. The van der Waals surface area contributed by atoms with Gasteiger partial charge < -0.3 is 15.3 Å². The van der Waals surface area contributed by atoms with Crippen LogP contribution in [0.15, 0.2) is 18.2 Å². The van der Waals surface area contributed by atoms with Gasteiger partial charge in [0.1, 0.15) is 0 Å². The molecule has 0 spiro atoms. The molecule has 2 aliphatic rings. The molecule has 5 nitrogen and oxygen atoms in total. The Labute approximate surface area is 123 Å². The first-order valence-electron chi connectivity index (χ1n) is 7.50. The summed E-state index contributed by atoms with van der Waals surface area (Å²) in [6.07, 6.45) is 2.41. The van der Waals surface area contributed by atoms with Crippen molar-refractivity contribution < 1.29 is 14.7 Å². The van der Waals surface area contributed by atoms with Crippen molar-refractivity contribution in [3.8, 4) is 0 Å². The van der Waals surface area contributed by atoms with E-state index in [2.05, 4.69) is 5.32 Å². The summed E-state index contributed by atoms with van der Waals surface area (Å²) >= 11 is 0. The summed E-state index contributed by atoms with van der Waals surface area (Å²) in [5.41, 5.74) is 3.15. The molecule has 2 N–H and O–H groups in total. The molecule has 2 heterocycles. The van der Waals surface area contributed by atoms with Crippen LogP contribution >= 0.6 is 0 Å². The zero-order chi connectivity index (χ0) is 14.8. The zero-order valence-electron chi connectivity index (χ0n) is 12.0. The molecule has 2 aliphatic heterocycles. The van der Waals surface area contributed by atoms with Crippen LogP contribution in [0.4, 0.5) is 0 Å². The summed E-state index contributed by atoms with van der Waals surface area (Å²) in [5, 5.41) is 12.4. The lowest BCUT2D eigenvalue weighted by Crippen LogP contribution is -2.42. The Hall–Kier alpha value is -1.88. The SMILES string of the molecule is O=C(O)[C@H]1CCCN(C(=O)c2ccc3c(c2)CNCC3)C1. The molecule has 1 aromatic rings. The molecule has 0 aliphatic carbocycles. The molecule has 1 amide bonds. The van der Waals surface area contributed by atoms with Crippen LogP contribution in [0.1, 0.15) is 34.3 Å². The number of carboxylic acid groups (broad SMARTS) is 1. The van der Waals surface area contributed by atoms with Gasteiger partial charge in [0.25, 0.3) is 5.91 Å². The van der Waals surface area contributed by atoms with Gasteiger partial charge in [-0.2, -0.15) is 0 Å². The third-order valence-corrected chi connectivity index (χ3v) is 4.40. The van der Waals surface area contributed by atoms with Crippen LogP contribution in [0.5, 0.6) is 0 Å². The van der Waals surface area contributed by atoms with E-state index in [1.54, 1.807) is 4.90 Å². The van der Waals surface area contributed by atoms with Crippen molar-refractivity contribution in [3.63, 3.8) is 0 Å². The van der Waals surface area contributed by atoms with E-state index in [1.807, 2.05) is 18.2 Å². The fourth-order valence-corrected chi connectivity index (χ4v) is 3.16. The summed E-state index contributed by atoms with van der Waals surface area (Å²) in [7, 11) is 0. The van der Waals surface area contributed by atoms with Crippen LogP contribution in [0.25, 0.3) is 0 Å². The minimum atomic E-state index is -0.804. The Morgan fingerprint density at radius 3 is 2.95 bits per heavy atom. The van der Waals surface area contributed by atoms with Gasteiger partial charge in [-0.15, -0.1) is 0 Å². The summed E-state index contributed by atoms with van der Waals surface area (Å²) in [5.74, 6) is -1.28. The van der Waals surface area contributed by atoms with Crippen molar-refractivity contribution in [1.29, 1.82) is 0 Å². The number of carbonyl (C=O) groups excluding carboxylic acids is 1. The molecule has 1 aromatic carbocycles. The van der Waals surface area contributed by atoms with Gasteiger partial charge in [0.2, 0.25) is 0 Å². The van der Waals surface area contributed by atoms with Crippen molar-refractivity contribution in [2.24, 2.45) is 5.92 Å². The van der Waals surface area contributed by atoms with Gasteiger partial charge in [-0.25, -0.2) is 0 Å². The molecule has 5 heteroatoms. The minimum Gasteiger partial charge on any atom is -0.481 e. The Balaban J connectivity index is 1.77. The molecule has 0 unspecified atom stereocenters. The first-order chi connectivity index (χ1) is 10.1. The van der Waals surface area contributed by atoms with E-state index in [4.69, 9.17) is 5.11 Å². The summed E-state index contributed by atoms with van der Waals surface area (Å²) in [4.78, 5) is 25.4. The fraction of sp³-hybridized carbons (Fsp3) is 0.500. The van der Waals surface area contributed by atoms with E-state index in [1.165, 1.54) is 11.1 Å². The number of carboxylic acids is 1. The van der Waals surface area contributed by atoms with E-state index in [0.717, 1.165) is 25.9 Å². The van der Waals surface area contributed by atoms with Gasteiger partial charge >= 0.3 is 5.97 Å². The molecule has 0 aromatic heterocycles. The molecule has 0 radical (unpaired) electrons. The van der Waals surface area contributed by atoms with Gasteiger partial charge in [-0.3, -0.25) is 9.59 Å². The topological polar surface area (TPSA) is 69.6 Å². The number of amides is 1. The van der Waals surface area contributed by atoms with Crippen LogP contribution < -0.4 is 5.32 Å². The second-order valence-electron chi connectivity index (χ2n) is 5.84. The van der Waals surface area contributed by atoms with Crippen molar-refractivity contribution in [2.45, 2.75) is 25.8 Å². The average molecular weight is 288 g/mol. The Morgan fingerprint density at radius 2 is 2.14 bits per heavy atom. The number of nitrogens with zero attached hydrogens (tertiary/aromatic N) is 1. The zero-order valence-corrected chi connectivity index (χ0v) is 12.0. The van der Waals surface area contributed by atoms with Crippen molar-refractivity contribution in [1.82, 2.24) is 10.2 Å². The van der Waals surface area contributed by atoms with E-state index >= 15 is 0 Å². The van der Waals surface area contributed by atoms with Gasteiger partial charge in [0.05, 0.1) is 5.92 Å². The van der Waals surface area contributed by atoms with Crippen LogP contribution in [-0.4, -0.2) is 41.5 Å². The molecular weight excluding hydrogens is 268 g/mol. The number of nitrogens with one attached hydrogen (secondary N) is 1. The van der Waals surface area contributed by atoms with Crippen LogP contribution in [0.3, 0.4) is 0 Å². The fourth-order valence-electron chi connectivity index (χ4n) is 3.16. The molecule has 1 saturated heterocycles. The first kappa shape index (κ1) is 14.1. The molecular formula is C16H20N2O3. The predicted octanol–water partition coefficient (Wildman–Crippen LogP) is 1.27. The quantitative estimate of drug-likeness (QED) is 0.860. The van der Waals surface area contributed by atoms with E-state index < -0.39 is 11.9 Å². The number of fused-ring (bicyclic) bond motifs is 1. The predicted molar refractivity (Wildman–Crippen MR) is 78.1 cm³/mol. The number of hydrogen-bond donors (Lipinski definition) is 2. The highest BCUT2D eigenvalue weighted by Crippen LogP contribution is 2.21. The average Bonchev–Trinajstić information content (AvgIpc) is 2.53. The van der Waals surface area contributed by atoms with Crippen molar-refractivity contribution in [3.05, 3.63) is 34.9 Å². The second-order valence-corrected chi connectivity index (χ2v) is 5.84. The van der Waals surface area contributed by atoms with Crippen LogP contribution in [0.2, 0.25) is 0 Å².